The van der Waals surface area contributed by atoms with Gasteiger partial charge in [0, 0.05) is 30.8 Å². The summed E-state index contributed by atoms with van der Waals surface area (Å²) < 4.78 is 0. The van der Waals surface area contributed by atoms with Crippen molar-refractivity contribution in [3.8, 4) is 0 Å². The molecule has 1 fully saturated rings. The number of rotatable bonds is 6. The molecule has 1 amide bonds. The number of nitro benzene ring substituents is 1. The fourth-order valence-corrected chi connectivity index (χ4v) is 2.67. The van der Waals surface area contributed by atoms with E-state index < -0.39 is 28.8 Å². The van der Waals surface area contributed by atoms with Gasteiger partial charge in [-0.05, 0) is 38.8 Å². The number of nitrogens with zero attached hydrogens (tertiary/aromatic N) is 2. The summed E-state index contributed by atoms with van der Waals surface area (Å²) in [7, 11) is 0. The molecule has 1 aliphatic heterocycles. The maximum absolute atomic E-state index is 12.2. The molecular formula is C16H21N3O5. The van der Waals surface area contributed by atoms with Gasteiger partial charge in [-0.1, -0.05) is 0 Å². The summed E-state index contributed by atoms with van der Waals surface area (Å²) in [6.45, 7) is 4.61. The quantitative estimate of drug-likeness (QED) is 0.607. The molecule has 0 saturated carbocycles. The highest BCUT2D eigenvalue weighted by atomic mass is 16.6. The zero-order valence-corrected chi connectivity index (χ0v) is 13.7. The van der Waals surface area contributed by atoms with Crippen LogP contribution in [0.3, 0.4) is 0 Å². The number of anilines is 1. The highest BCUT2D eigenvalue weighted by molar-refractivity contribution is 5.96. The van der Waals surface area contributed by atoms with Gasteiger partial charge >= 0.3 is 5.97 Å². The summed E-state index contributed by atoms with van der Waals surface area (Å²) in [5.74, 6) is -2.29. The Kier molecular flexibility index (Phi) is 5.38. The summed E-state index contributed by atoms with van der Waals surface area (Å²) in [6, 6.07) is 3.78. The highest BCUT2D eigenvalue weighted by Gasteiger charge is 2.25. The number of nitrogens with one attached hydrogen (secondary N) is 1. The van der Waals surface area contributed by atoms with E-state index in [1.165, 1.54) is 19.1 Å². The smallest absolute Gasteiger partial charge is 0.308 e. The van der Waals surface area contributed by atoms with Crippen molar-refractivity contribution in [1.82, 2.24) is 5.32 Å². The molecule has 1 aromatic rings. The monoisotopic (exact) mass is 335 g/mol. The summed E-state index contributed by atoms with van der Waals surface area (Å²) >= 11 is 0. The van der Waals surface area contributed by atoms with Gasteiger partial charge in [0.25, 0.3) is 11.6 Å². The van der Waals surface area contributed by atoms with Crippen molar-refractivity contribution in [2.24, 2.45) is 5.92 Å². The Morgan fingerprint density at radius 1 is 1.29 bits per heavy atom. The topological polar surface area (TPSA) is 113 Å². The number of hydrogen-bond donors (Lipinski definition) is 2. The average Bonchev–Trinajstić information content (AvgIpc) is 3.07. The van der Waals surface area contributed by atoms with Gasteiger partial charge in [0.05, 0.1) is 10.8 Å². The number of hydrogen-bond acceptors (Lipinski definition) is 5. The molecule has 2 rings (SSSR count). The van der Waals surface area contributed by atoms with Crippen molar-refractivity contribution >= 4 is 23.3 Å². The number of amides is 1. The lowest BCUT2D eigenvalue weighted by atomic mass is 10.0. The second kappa shape index (κ2) is 7.29. The third kappa shape index (κ3) is 3.81. The number of carboxylic acids is 1. The lowest BCUT2D eigenvalue weighted by Crippen LogP contribution is -2.40. The van der Waals surface area contributed by atoms with Gasteiger partial charge in [0.1, 0.15) is 5.69 Å². The number of aliphatic carboxylic acids is 1. The van der Waals surface area contributed by atoms with Gasteiger partial charge in [0.2, 0.25) is 0 Å². The Morgan fingerprint density at radius 3 is 2.46 bits per heavy atom. The molecule has 8 heteroatoms. The third-order valence-electron chi connectivity index (χ3n) is 4.38. The predicted octanol–water partition coefficient (Wildman–Crippen LogP) is 2.03. The lowest BCUT2D eigenvalue weighted by molar-refractivity contribution is -0.384. The van der Waals surface area contributed by atoms with Crippen LogP contribution in [0.4, 0.5) is 11.4 Å². The number of nitro groups is 1. The van der Waals surface area contributed by atoms with Crippen molar-refractivity contribution in [3.05, 3.63) is 33.9 Å². The fourth-order valence-electron chi connectivity index (χ4n) is 2.67. The molecule has 2 atom stereocenters. The van der Waals surface area contributed by atoms with E-state index in [2.05, 4.69) is 5.32 Å². The summed E-state index contributed by atoms with van der Waals surface area (Å²) in [4.78, 5) is 36.0. The molecule has 1 heterocycles. The average molecular weight is 335 g/mol. The number of benzene rings is 1. The molecule has 0 bridgehead atoms. The summed E-state index contributed by atoms with van der Waals surface area (Å²) in [5, 5.41) is 22.9. The van der Waals surface area contributed by atoms with E-state index in [9.17, 15) is 19.7 Å². The number of carbonyl (C=O) groups excluding carboxylic acids is 1. The van der Waals surface area contributed by atoms with E-state index in [0.717, 1.165) is 25.9 Å². The minimum absolute atomic E-state index is 0.108. The van der Waals surface area contributed by atoms with Crippen LogP contribution in [0.15, 0.2) is 18.2 Å². The molecule has 24 heavy (non-hydrogen) atoms. The third-order valence-corrected chi connectivity index (χ3v) is 4.38. The van der Waals surface area contributed by atoms with Gasteiger partial charge in [-0.15, -0.1) is 0 Å². The molecule has 2 N–H and O–H groups in total. The SMILES string of the molecule is CC(NC(=O)c1ccc(N2CCCC2)c([N+](=O)[O-])c1)C(C)C(=O)O. The van der Waals surface area contributed by atoms with Crippen molar-refractivity contribution < 1.29 is 19.6 Å². The molecule has 1 aliphatic rings. The van der Waals surface area contributed by atoms with E-state index in [4.69, 9.17) is 5.11 Å². The van der Waals surface area contributed by atoms with Crippen LogP contribution in [0.1, 0.15) is 37.0 Å². The van der Waals surface area contributed by atoms with Crippen molar-refractivity contribution in [1.29, 1.82) is 0 Å². The second-order valence-corrected chi connectivity index (χ2v) is 6.04. The van der Waals surface area contributed by atoms with Crippen LogP contribution in [-0.4, -0.2) is 41.0 Å². The van der Waals surface area contributed by atoms with Gasteiger partial charge in [0.15, 0.2) is 0 Å². The van der Waals surface area contributed by atoms with E-state index in [1.807, 2.05) is 4.90 Å². The van der Waals surface area contributed by atoms with E-state index in [-0.39, 0.29) is 11.3 Å². The highest BCUT2D eigenvalue weighted by Crippen LogP contribution is 2.31. The summed E-state index contributed by atoms with van der Waals surface area (Å²) in [6.07, 6.45) is 1.98. The molecule has 1 saturated heterocycles. The first-order chi connectivity index (χ1) is 11.3. The standard InChI is InChI=1S/C16H21N3O5/c1-10(16(21)22)11(2)17-15(20)12-5-6-13(14(9-12)19(23)24)18-7-3-4-8-18/h5-6,9-11H,3-4,7-8H2,1-2H3,(H,17,20)(H,21,22). The lowest BCUT2D eigenvalue weighted by Gasteiger charge is -2.19. The van der Waals surface area contributed by atoms with Crippen molar-refractivity contribution in [2.75, 3.05) is 18.0 Å². The minimum atomic E-state index is -1.02. The summed E-state index contributed by atoms with van der Waals surface area (Å²) in [5.41, 5.74) is 0.554. The first kappa shape index (κ1) is 17.7. The number of carboxylic acid groups (broad SMARTS) is 1. The Labute approximate surface area is 139 Å². The Hall–Kier alpha value is -2.64. The largest absolute Gasteiger partial charge is 0.481 e. The predicted molar refractivity (Wildman–Crippen MR) is 88.3 cm³/mol. The maximum atomic E-state index is 12.2. The molecule has 0 spiro atoms. The van der Waals surface area contributed by atoms with E-state index in [1.54, 1.807) is 13.0 Å². The van der Waals surface area contributed by atoms with Crippen LogP contribution < -0.4 is 10.2 Å². The molecular weight excluding hydrogens is 314 g/mol. The van der Waals surface area contributed by atoms with Crippen molar-refractivity contribution in [2.45, 2.75) is 32.7 Å². The van der Waals surface area contributed by atoms with E-state index >= 15 is 0 Å². The van der Waals surface area contributed by atoms with Crippen LogP contribution >= 0.6 is 0 Å². The van der Waals surface area contributed by atoms with Crippen LogP contribution in [-0.2, 0) is 4.79 Å². The first-order valence-corrected chi connectivity index (χ1v) is 7.88. The molecule has 1 aromatic carbocycles. The molecule has 130 valence electrons. The Balaban J connectivity index is 2.21. The zero-order chi connectivity index (χ0) is 17.9. The second-order valence-electron chi connectivity index (χ2n) is 6.04. The van der Waals surface area contributed by atoms with Gasteiger partial charge in [-0.25, -0.2) is 0 Å². The van der Waals surface area contributed by atoms with Gasteiger partial charge in [-0.2, -0.15) is 0 Å². The molecule has 0 aromatic heterocycles. The number of carbonyl (C=O) groups is 2. The van der Waals surface area contributed by atoms with Gasteiger partial charge < -0.3 is 15.3 Å². The first-order valence-electron chi connectivity index (χ1n) is 7.88. The van der Waals surface area contributed by atoms with Gasteiger partial charge in [-0.3, -0.25) is 19.7 Å². The Morgan fingerprint density at radius 2 is 1.92 bits per heavy atom. The maximum Gasteiger partial charge on any atom is 0.308 e. The Bertz CT molecular complexity index is 655. The molecule has 8 nitrogen and oxygen atoms in total. The zero-order valence-electron chi connectivity index (χ0n) is 13.7. The van der Waals surface area contributed by atoms with Crippen LogP contribution in [0.2, 0.25) is 0 Å². The normalized spacial score (nSPS) is 16.5. The molecule has 0 aliphatic carbocycles. The molecule has 0 radical (unpaired) electrons. The van der Waals surface area contributed by atoms with Crippen LogP contribution in [0.25, 0.3) is 0 Å². The van der Waals surface area contributed by atoms with Crippen molar-refractivity contribution in [3.63, 3.8) is 0 Å². The molecule has 2 unspecified atom stereocenters. The van der Waals surface area contributed by atoms with Crippen LogP contribution in [0, 0.1) is 16.0 Å². The fraction of sp³-hybridized carbons (Fsp3) is 0.500. The minimum Gasteiger partial charge on any atom is -0.481 e. The van der Waals surface area contributed by atoms with Crippen LogP contribution in [0.5, 0.6) is 0 Å². The van der Waals surface area contributed by atoms with E-state index in [0.29, 0.717) is 5.69 Å².